The molecule has 0 radical (unpaired) electrons. The zero-order chi connectivity index (χ0) is 27.2. The van der Waals surface area contributed by atoms with Gasteiger partial charge in [-0.2, -0.15) is 0 Å². The van der Waals surface area contributed by atoms with Crippen LogP contribution in [0, 0.1) is 6.92 Å². The van der Waals surface area contributed by atoms with Crippen molar-refractivity contribution in [2.45, 2.75) is 20.5 Å². The number of imide groups is 1. The topological polar surface area (TPSA) is 97.0 Å². The summed E-state index contributed by atoms with van der Waals surface area (Å²) in [6.45, 7) is 3.95. The Morgan fingerprint density at radius 1 is 1.11 bits per heavy atom. The standard InChI is InChI=1S/C28H25BrClN3O5/c1-3-37-24-14-19(12-22(30)26(24)38-16-18-7-9-20(29)10-8-18)13-23-27(35)33(28(36)32-23)15-25(34)31-21-6-4-5-17(2)11-21/h4-14H,3,15-16H2,1-2H3,(H,31,34)(H,32,36)/b23-13+. The van der Waals surface area contributed by atoms with E-state index in [0.717, 1.165) is 20.5 Å². The van der Waals surface area contributed by atoms with Crippen molar-refractivity contribution in [3.8, 4) is 11.5 Å². The predicted octanol–water partition coefficient (Wildman–Crippen LogP) is 5.92. The van der Waals surface area contributed by atoms with Crippen LogP contribution in [0.15, 0.2) is 70.8 Å². The molecule has 0 saturated carbocycles. The SMILES string of the molecule is CCOc1cc(/C=C2/NC(=O)N(CC(=O)Nc3cccc(C)c3)C2=O)cc(Cl)c1OCc1ccc(Br)cc1. The van der Waals surface area contributed by atoms with Gasteiger partial charge in [-0.15, -0.1) is 0 Å². The molecule has 0 aliphatic carbocycles. The van der Waals surface area contributed by atoms with Gasteiger partial charge in [-0.05, 0) is 73.0 Å². The van der Waals surface area contributed by atoms with Crippen molar-refractivity contribution in [3.05, 3.63) is 92.5 Å². The van der Waals surface area contributed by atoms with E-state index in [4.69, 9.17) is 21.1 Å². The van der Waals surface area contributed by atoms with Gasteiger partial charge in [0.25, 0.3) is 5.91 Å². The molecule has 8 nitrogen and oxygen atoms in total. The van der Waals surface area contributed by atoms with Crippen molar-refractivity contribution in [2.75, 3.05) is 18.5 Å². The Hall–Kier alpha value is -3.82. The molecule has 4 amide bonds. The molecule has 3 aromatic carbocycles. The van der Waals surface area contributed by atoms with E-state index in [1.807, 2.05) is 44.2 Å². The van der Waals surface area contributed by atoms with Gasteiger partial charge in [0.2, 0.25) is 5.91 Å². The molecule has 10 heteroatoms. The van der Waals surface area contributed by atoms with E-state index in [1.165, 1.54) is 6.08 Å². The number of rotatable bonds is 9. The Kier molecular flexibility index (Phi) is 8.70. The minimum Gasteiger partial charge on any atom is -0.490 e. The van der Waals surface area contributed by atoms with Gasteiger partial charge in [0.15, 0.2) is 11.5 Å². The summed E-state index contributed by atoms with van der Waals surface area (Å²) in [5.41, 5.74) is 3.03. The van der Waals surface area contributed by atoms with Crippen LogP contribution in [-0.4, -0.2) is 35.9 Å². The van der Waals surface area contributed by atoms with Gasteiger partial charge < -0.3 is 20.1 Å². The van der Waals surface area contributed by atoms with Crippen LogP contribution < -0.4 is 20.1 Å². The molecule has 0 aromatic heterocycles. The summed E-state index contributed by atoms with van der Waals surface area (Å²) in [5, 5.41) is 5.49. The summed E-state index contributed by atoms with van der Waals surface area (Å²) in [4.78, 5) is 38.7. The summed E-state index contributed by atoms with van der Waals surface area (Å²) in [6, 6.07) is 17.5. The molecular formula is C28H25BrClN3O5. The number of nitrogens with one attached hydrogen (secondary N) is 2. The molecule has 1 aliphatic heterocycles. The summed E-state index contributed by atoms with van der Waals surface area (Å²) >= 11 is 9.93. The number of benzene rings is 3. The lowest BCUT2D eigenvalue weighted by Crippen LogP contribution is -2.38. The summed E-state index contributed by atoms with van der Waals surface area (Å²) in [6.07, 6.45) is 1.48. The minimum absolute atomic E-state index is 0.0143. The van der Waals surface area contributed by atoms with Gasteiger partial charge in [0.05, 0.1) is 11.6 Å². The highest BCUT2D eigenvalue weighted by Crippen LogP contribution is 2.38. The number of hydrogen-bond donors (Lipinski definition) is 2. The lowest BCUT2D eigenvalue weighted by molar-refractivity contribution is -0.127. The fourth-order valence-electron chi connectivity index (χ4n) is 3.76. The monoisotopic (exact) mass is 597 g/mol. The number of urea groups is 1. The van der Waals surface area contributed by atoms with Crippen LogP contribution >= 0.6 is 27.5 Å². The molecule has 3 aromatic rings. The average molecular weight is 599 g/mol. The van der Waals surface area contributed by atoms with Gasteiger partial charge in [-0.25, -0.2) is 9.69 Å². The second kappa shape index (κ2) is 12.1. The van der Waals surface area contributed by atoms with E-state index >= 15 is 0 Å². The van der Waals surface area contributed by atoms with E-state index in [-0.39, 0.29) is 17.3 Å². The van der Waals surface area contributed by atoms with Crippen LogP contribution in [0.5, 0.6) is 11.5 Å². The van der Waals surface area contributed by atoms with E-state index in [9.17, 15) is 14.4 Å². The molecule has 0 unspecified atom stereocenters. The molecule has 4 rings (SSSR count). The molecule has 0 atom stereocenters. The Morgan fingerprint density at radius 3 is 2.58 bits per heavy atom. The maximum absolute atomic E-state index is 12.9. The molecule has 196 valence electrons. The molecule has 38 heavy (non-hydrogen) atoms. The third-order valence-corrected chi connectivity index (χ3v) is 6.31. The van der Waals surface area contributed by atoms with Gasteiger partial charge in [0, 0.05) is 10.2 Å². The first-order valence-electron chi connectivity index (χ1n) is 11.8. The minimum atomic E-state index is -0.689. The van der Waals surface area contributed by atoms with Crippen LogP contribution in [0.2, 0.25) is 5.02 Å². The van der Waals surface area contributed by atoms with Crippen LogP contribution in [-0.2, 0) is 16.2 Å². The lowest BCUT2D eigenvalue weighted by Gasteiger charge is -2.15. The lowest BCUT2D eigenvalue weighted by atomic mass is 10.1. The van der Waals surface area contributed by atoms with E-state index in [2.05, 4.69) is 26.6 Å². The second-order valence-electron chi connectivity index (χ2n) is 8.48. The highest BCUT2D eigenvalue weighted by Gasteiger charge is 2.35. The van der Waals surface area contributed by atoms with Gasteiger partial charge in [-0.1, -0.05) is 51.8 Å². The molecule has 0 spiro atoms. The number of carbonyl (C=O) groups excluding carboxylic acids is 3. The zero-order valence-electron chi connectivity index (χ0n) is 20.7. The maximum atomic E-state index is 12.9. The van der Waals surface area contributed by atoms with E-state index < -0.39 is 24.4 Å². The Bertz CT molecular complexity index is 1410. The Morgan fingerprint density at radius 2 is 1.87 bits per heavy atom. The summed E-state index contributed by atoms with van der Waals surface area (Å²) in [5.74, 6) is -0.349. The fourth-order valence-corrected chi connectivity index (χ4v) is 4.30. The molecule has 1 aliphatic rings. The van der Waals surface area contributed by atoms with Crippen molar-refractivity contribution >= 4 is 57.1 Å². The van der Waals surface area contributed by atoms with Crippen molar-refractivity contribution in [3.63, 3.8) is 0 Å². The van der Waals surface area contributed by atoms with E-state index in [1.54, 1.807) is 30.3 Å². The molecule has 1 heterocycles. The predicted molar refractivity (Wildman–Crippen MR) is 149 cm³/mol. The van der Waals surface area contributed by atoms with Crippen LogP contribution in [0.1, 0.15) is 23.6 Å². The van der Waals surface area contributed by atoms with Crippen molar-refractivity contribution in [2.24, 2.45) is 0 Å². The molecule has 2 N–H and O–H groups in total. The third kappa shape index (κ3) is 6.73. The Balaban J connectivity index is 1.48. The first-order chi connectivity index (χ1) is 18.2. The highest BCUT2D eigenvalue weighted by molar-refractivity contribution is 9.10. The van der Waals surface area contributed by atoms with Crippen LogP contribution in [0.3, 0.4) is 0 Å². The fraction of sp³-hybridized carbons (Fsp3) is 0.179. The van der Waals surface area contributed by atoms with Crippen molar-refractivity contribution in [1.29, 1.82) is 0 Å². The smallest absolute Gasteiger partial charge is 0.329 e. The van der Waals surface area contributed by atoms with Crippen molar-refractivity contribution < 1.29 is 23.9 Å². The summed E-state index contributed by atoms with van der Waals surface area (Å²) < 4.78 is 12.6. The second-order valence-corrected chi connectivity index (χ2v) is 9.80. The Labute approximate surface area is 233 Å². The summed E-state index contributed by atoms with van der Waals surface area (Å²) in [7, 11) is 0. The molecule has 0 bridgehead atoms. The number of amides is 4. The van der Waals surface area contributed by atoms with Crippen LogP contribution in [0.4, 0.5) is 10.5 Å². The number of carbonyl (C=O) groups is 3. The maximum Gasteiger partial charge on any atom is 0.329 e. The number of aryl methyl sites for hydroxylation is 1. The normalized spacial score (nSPS) is 14.0. The first kappa shape index (κ1) is 27.2. The molecular weight excluding hydrogens is 574 g/mol. The van der Waals surface area contributed by atoms with E-state index in [0.29, 0.717) is 29.4 Å². The number of hydrogen-bond acceptors (Lipinski definition) is 5. The zero-order valence-corrected chi connectivity index (χ0v) is 23.1. The quantitative estimate of drug-likeness (QED) is 0.235. The molecule has 1 fully saturated rings. The highest BCUT2D eigenvalue weighted by atomic mass is 79.9. The third-order valence-electron chi connectivity index (χ3n) is 5.50. The molecule has 1 saturated heterocycles. The number of halogens is 2. The number of anilines is 1. The number of nitrogens with zero attached hydrogens (tertiary/aromatic N) is 1. The average Bonchev–Trinajstić information content (AvgIpc) is 3.12. The van der Waals surface area contributed by atoms with Gasteiger partial charge in [-0.3, -0.25) is 9.59 Å². The van der Waals surface area contributed by atoms with Gasteiger partial charge in [0.1, 0.15) is 18.8 Å². The first-order valence-corrected chi connectivity index (χ1v) is 12.9. The van der Waals surface area contributed by atoms with Crippen molar-refractivity contribution in [1.82, 2.24) is 10.2 Å². The van der Waals surface area contributed by atoms with Crippen LogP contribution in [0.25, 0.3) is 6.08 Å². The van der Waals surface area contributed by atoms with Gasteiger partial charge >= 0.3 is 6.03 Å². The number of ether oxygens (including phenoxy) is 2. The largest absolute Gasteiger partial charge is 0.490 e.